The molecule has 1 nitrogen and oxygen atoms in total. The molecule has 0 saturated heterocycles. The maximum absolute atomic E-state index is 12.7. The predicted molar refractivity (Wildman–Crippen MR) is 43.5 cm³/mol. The Balaban J connectivity index is 2.88. The number of thiophene rings is 1. The van der Waals surface area contributed by atoms with Crippen LogP contribution in [-0.2, 0) is 0 Å². The van der Waals surface area contributed by atoms with Crippen molar-refractivity contribution >= 4 is 21.6 Å². The van der Waals surface area contributed by atoms with Crippen LogP contribution in [0.25, 0.3) is 10.3 Å². The summed E-state index contributed by atoms with van der Waals surface area (Å²) in [6.07, 6.45) is 0. The zero-order chi connectivity index (χ0) is 8.01. The van der Waals surface area contributed by atoms with E-state index in [1.54, 1.807) is 18.3 Å². The zero-order valence-corrected chi connectivity index (χ0v) is 7.09. The number of hydrogen-bond acceptors (Lipinski definition) is 2. The van der Waals surface area contributed by atoms with E-state index in [0.717, 1.165) is 9.58 Å². The lowest BCUT2D eigenvalue weighted by Crippen LogP contribution is -1.67. The molecule has 11 heavy (non-hydrogen) atoms. The Hall–Kier alpha value is -0.830. The monoisotopic (exact) mass is 170 g/mol. The van der Waals surface area contributed by atoms with Gasteiger partial charge >= 0.3 is 0 Å². The third-order valence-corrected chi connectivity index (χ3v) is 2.81. The predicted octanol–water partition coefficient (Wildman–Crippen LogP) is 3.25. The summed E-state index contributed by atoms with van der Waals surface area (Å²) >= 11 is 1.57. The second-order valence-electron chi connectivity index (χ2n) is 2.55. The minimum atomic E-state index is -0.453. The highest BCUT2D eigenvalue weighted by molar-refractivity contribution is 7.19. The molecule has 0 aliphatic rings. The standard InChI is InChI=1S/C8H7FOS/c1-4-3-6-7(11-4)5(2)8(9)10-6/h3H,1-2H3. The number of rotatable bonds is 0. The molecule has 0 aliphatic heterocycles. The summed E-state index contributed by atoms with van der Waals surface area (Å²) in [6.45, 7) is 3.72. The molecule has 0 amide bonds. The van der Waals surface area contributed by atoms with Crippen molar-refractivity contribution in [2.75, 3.05) is 0 Å². The second-order valence-corrected chi connectivity index (χ2v) is 3.81. The fourth-order valence-corrected chi connectivity index (χ4v) is 2.01. The van der Waals surface area contributed by atoms with Gasteiger partial charge < -0.3 is 4.42 Å². The van der Waals surface area contributed by atoms with Gasteiger partial charge in [-0.05, 0) is 19.9 Å². The van der Waals surface area contributed by atoms with Crippen molar-refractivity contribution in [3.05, 3.63) is 22.5 Å². The Bertz CT molecular complexity index is 399. The van der Waals surface area contributed by atoms with Crippen LogP contribution in [0.15, 0.2) is 10.5 Å². The molecule has 0 N–H and O–H groups in total. The topological polar surface area (TPSA) is 13.1 Å². The Morgan fingerprint density at radius 3 is 2.82 bits per heavy atom. The van der Waals surface area contributed by atoms with E-state index < -0.39 is 6.01 Å². The van der Waals surface area contributed by atoms with Gasteiger partial charge in [0.05, 0.1) is 4.70 Å². The van der Waals surface area contributed by atoms with Crippen LogP contribution in [0.4, 0.5) is 4.39 Å². The lowest BCUT2D eigenvalue weighted by Gasteiger charge is -1.80. The third kappa shape index (κ3) is 0.878. The highest BCUT2D eigenvalue weighted by Crippen LogP contribution is 2.31. The SMILES string of the molecule is Cc1cc2oc(F)c(C)c2s1. The average Bonchev–Trinajstić information content (AvgIpc) is 2.37. The van der Waals surface area contributed by atoms with Crippen LogP contribution in [0.1, 0.15) is 10.4 Å². The van der Waals surface area contributed by atoms with Crippen molar-refractivity contribution in [3.63, 3.8) is 0 Å². The van der Waals surface area contributed by atoms with Gasteiger partial charge in [-0.1, -0.05) is 0 Å². The van der Waals surface area contributed by atoms with Crippen LogP contribution in [-0.4, -0.2) is 0 Å². The third-order valence-electron chi connectivity index (χ3n) is 1.66. The molecule has 0 atom stereocenters. The van der Waals surface area contributed by atoms with Gasteiger partial charge in [0, 0.05) is 10.4 Å². The van der Waals surface area contributed by atoms with Crippen molar-refractivity contribution < 1.29 is 8.81 Å². The quantitative estimate of drug-likeness (QED) is 0.591. The summed E-state index contributed by atoms with van der Waals surface area (Å²) in [4.78, 5) is 1.15. The minimum absolute atomic E-state index is 0.453. The molecular weight excluding hydrogens is 163 g/mol. The van der Waals surface area contributed by atoms with Crippen LogP contribution < -0.4 is 0 Å². The molecule has 2 rings (SSSR count). The van der Waals surface area contributed by atoms with E-state index in [9.17, 15) is 4.39 Å². The maximum atomic E-state index is 12.7. The smallest absolute Gasteiger partial charge is 0.282 e. The van der Waals surface area contributed by atoms with Gasteiger partial charge in [-0.2, -0.15) is 4.39 Å². The van der Waals surface area contributed by atoms with Crippen molar-refractivity contribution in [2.24, 2.45) is 0 Å². The summed E-state index contributed by atoms with van der Waals surface area (Å²) in [5.41, 5.74) is 1.29. The first-order chi connectivity index (χ1) is 5.18. The van der Waals surface area contributed by atoms with E-state index in [0.29, 0.717) is 11.1 Å². The molecule has 2 heterocycles. The molecule has 2 aromatic rings. The summed E-state index contributed by atoms with van der Waals surface area (Å²) in [5, 5.41) is 0. The molecule has 0 radical (unpaired) electrons. The van der Waals surface area contributed by atoms with Gasteiger partial charge in [0.1, 0.15) is 5.58 Å². The molecule has 58 valence electrons. The Labute approximate surface area is 67.4 Å². The summed E-state index contributed by atoms with van der Waals surface area (Å²) in [5.74, 6) is 0. The normalized spacial score (nSPS) is 11.2. The molecule has 0 aromatic carbocycles. The molecule has 2 aromatic heterocycles. The number of hydrogen-bond donors (Lipinski definition) is 0. The van der Waals surface area contributed by atoms with Crippen LogP contribution in [0.5, 0.6) is 0 Å². The average molecular weight is 170 g/mol. The van der Waals surface area contributed by atoms with Crippen LogP contribution >= 0.6 is 11.3 Å². The van der Waals surface area contributed by atoms with Gasteiger partial charge in [0.15, 0.2) is 0 Å². The Morgan fingerprint density at radius 1 is 1.45 bits per heavy atom. The molecule has 3 heteroatoms. The highest BCUT2D eigenvalue weighted by Gasteiger charge is 2.11. The first-order valence-corrected chi connectivity index (χ1v) is 4.15. The zero-order valence-electron chi connectivity index (χ0n) is 6.27. The van der Waals surface area contributed by atoms with E-state index in [1.807, 2.05) is 13.0 Å². The summed E-state index contributed by atoms with van der Waals surface area (Å²) in [6, 6.07) is 1.40. The van der Waals surface area contributed by atoms with Crippen molar-refractivity contribution in [3.8, 4) is 0 Å². The molecule has 0 aliphatic carbocycles. The molecule has 0 saturated carbocycles. The fraction of sp³-hybridized carbons (Fsp3) is 0.250. The Morgan fingerprint density at radius 2 is 2.18 bits per heavy atom. The Kier molecular flexibility index (Phi) is 1.29. The van der Waals surface area contributed by atoms with Gasteiger partial charge in [-0.15, -0.1) is 11.3 Å². The molecular formula is C8H7FOS. The minimum Gasteiger partial charge on any atom is -0.430 e. The van der Waals surface area contributed by atoms with E-state index in [-0.39, 0.29) is 0 Å². The number of halogens is 1. The van der Waals surface area contributed by atoms with E-state index >= 15 is 0 Å². The number of aryl methyl sites for hydroxylation is 2. The number of furan rings is 1. The van der Waals surface area contributed by atoms with Crippen LogP contribution in [0.2, 0.25) is 0 Å². The molecule has 0 unspecified atom stereocenters. The maximum Gasteiger partial charge on any atom is 0.282 e. The van der Waals surface area contributed by atoms with Crippen molar-refractivity contribution in [1.82, 2.24) is 0 Å². The first-order valence-electron chi connectivity index (χ1n) is 3.33. The van der Waals surface area contributed by atoms with E-state index in [4.69, 9.17) is 4.42 Å². The van der Waals surface area contributed by atoms with Gasteiger partial charge in [0.25, 0.3) is 6.01 Å². The second kappa shape index (κ2) is 2.08. The van der Waals surface area contributed by atoms with E-state index in [2.05, 4.69) is 0 Å². The fourth-order valence-electron chi connectivity index (χ4n) is 1.09. The van der Waals surface area contributed by atoms with Crippen molar-refractivity contribution in [2.45, 2.75) is 13.8 Å². The summed E-state index contributed by atoms with van der Waals surface area (Å²) < 4.78 is 18.5. The molecule has 0 fully saturated rings. The van der Waals surface area contributed by atoms with Crippen LogP contribution in [0, 0.1) is 19.9 Å². The highest BCUT2D eigenvalue weighted by atomic mass is 32.1. The van der Waals surface area contributed by atoms with Crippen LogP contribution in [0.3, 0.4) is 0 Å². The lowest BCUT2D eigenvalue weighted by atomic mass is 10.3. The van der Waals surface area contributed by atoms with Gasteiger partial charge in [-0.3, -0.25) is 0 Å². The van der Waals surface area contributed by atoms with Gasteiger partial charge in [0.2, 0.25) is 0 Å². The number of fused-ring (bicyclic) bond motifs is 1. The first kappa shape index (κ1) is 6.85. The van der Waals surface area contributed by atoms with Crippen molar-refractivity contribution in [1.29, 1.82) is 0 Å². The van der Waals surface area contributed by atoms with Gasteiger partial charge in [-0.25, -0.2) is 0 Å². The lowest BCUT2D eigenvalue weighted by molar-refractivity contribution is 0.376. The largest absolute Gasteiger partial charge is 0.430 e. The van der Waals surface area contributed by atoms with E-state index in [1.165, 1.54) is 0 Å². The molecule has 0 bridgehead atoms. The molecule has 0 spiro atoms. The summed E-state index contributed by atoms with van der Waals surface area (Å²) in [7, 11) is 0.